The highest BCUT2D eigenvalue weighted by molar-refractivity contribution is 6.33. The lowest BCUT2D eigenvalue weighted by Gasteiger charge is -2.27. The number of rotatable bonds is 3. The van der Waals surface area contributed by atoms with Crippen LogP contribution in [-0.4, -0.2) is 23.4 Å². The molecule has 0 unspecified atom stereocenters. The van der Waals surface area contributed by atoms with Crippen LogP contribution in [0.4, 0.5) is 5.69 Å². The molecule has 1 aromatic rings. The summed E-state index contributed by atoms with van der Waals surface area (Å²) in [6.07, 6.45) is 4.67. The summed E-state index contributed by atoms with van der Waals surface area (Å²) in [5.41, 5.74) is 6.84. The van der Waals surface area contributed by atoms with Gasteiger partial charge in [0.1, 0.15) is 0 Å². The molecule has 98 valence electrons. The van der Waals surface area contributed by atoms with Crippen molar-refractivity contribution in [3.05, 3.63) is 28.8 Å². The number of hydrogen-bond acceptors (Lipinski definition) is 2. The maximum atomic E-state index is 12.5. The minimum atomic E-state index is 0.0627. The van der Waals surface area contributed by atoms with Crippen LogP contribution < -0.4 is 5.73 Å². The number of carbonyl (C=O) groups excluding carboxylic acids is 1. The summed E-state index contributed by atoms with van der Waals surface area (Å²) in [6.45, 7) is 2.77. The molecule has 1 aliphatic carbocycles. The average Bonchev–Trinajstić information content (AvgIpc) is 2.87. The molecule has 1 aromatic carbocycles. The van der Waals surface area contributed by atoms with E-state index in [4.69, 9.17) is 17.3 Å². The summed E-state index contributed by atoms with van der Waals surface area (Å²) >= 11 is 5.88. The summed E-state index contributed by atoms with van der Waals surface area (Å²) in [4.78, 5) is 14.4. The highest BCUT2D eigenvalue weighted by Gasteiger charge is 2.26. The monoisotopic (exact) mass is 266 g/mol. The minimum absolute atomic E-state index is 0.0627. The number of hydrogen-bond donors (Lipinski definition) is 1. The Hall–Kier alpha value is -1.22. The predicted molar refractivity (Wildman–Crippen MR) is 74.8 cm³/mol. The van der Waals surface area contributed by atoms with Gasteiger partial charge in [-0.3, -0.25) is 4.79 Å². The first-order chi connectivity index (χ1) is 8.63. The van der Waals surface area contributed by atoms with Crippen molar-refractivity contribution in [1.29, 1.82) is 0 Å². The number of anilines is 1. The SMILES string of the molecule is CCN(C(=O)c1ccc(Cl)c(N)c1)C1CCCC1. The van der Waals surface area contributed by atoms with Crippen LogP contribution in [0.1, 0.15) is 43.0 Å². The third-order valence-electron chi connectivity index (χ3n) is 3.61. The van der Waals surface area contributed by atoms with Gasteiger partial charge in [-0.05, 0) is 38.0 Å². The number of amides is 1. The van der Waals surface area contributed by atoms with Crippen molar-refractivity contribution in [2.45, 2.75) is 38.6 Å². The van der Waals surface area contributed by atoms with Crippen molar-refractivity contribution < 1.29 is 4.79 Å². The fourth-order valence-electron chi connectivity index (χ4n) is 2.63. The minimum Gasteiger partial charge on any atom is -0.398 e. The Morgan fingerprint density at radius 1 is 1.44 bits per heavy atom. The fourth-order valence-corrected chi connectivity index (χ4v) is 2.74. The van der Waals surface area contributed by atoms with Crippen LogP contribution in [0.15, 0.2) is 18.2 Å². The number of nitrogens with zero attached hydrogens (tertiary/aromatic N) is 1. The van der Waals surface area contributed by atoms with Gasteiger partial charge in [0.25, 0.3) is 5.91 Å². The van der Waals surface area contributed by atoms with Crippen molar-refractivity contribution in [2.75, 3.05) is 12.3 Å². The van der Waals surface area contributed by atoms with Gasteiger partial charge < -0.3 is 10.6 Å². The molecule has 1 aliphatic rings. The molecule has 0 aromatic heterocycles. The molecule has 0 saturated heterocycles. The quantitative estimate of drug-likeness (QED) is 0.853. The van der Waals surface area contributed by atoms with Crippen LogP contribution in [0.3, 0.4) is 0 Å². The molecule has 1 amide bonds. The van der Waals surface area contributed by atoms with Crippen molar-refractivity contribution >= 4 is 23.2 Å². The fraction of sp³-hybridized carbons (Fsp3) is 0.500. The van der Waals surface area contributed by atoms with Crippen LogP contribution in [0.2, 0.25) is 5.02 Å². The third-order valence-corrected chi connectivity index (χ3v) is 3.95. The molecule has 1 saturated carbocycles. The maximum Gasteiger partial charge on any atom is 0.254 e. The Morgan fingerprint density at radius 3 is 2.67 bits per heavy atom. The van der Waals surface area contributed by atoms with Gasteiger partial charge in [0.2, 0.25) is 0 Å². The molecule has 0 spiro atoms. The van der Waals surface area contributed by atoms with Gasteiger partial charge in [0.05, 0.1) is 10.7 Å². The largest absolute Gasteiger partial charge is 0.398 e. The zero-order chi connectivity index (χ0) is 13.1. The first kappa shape index (κ1) is 13.2. The molecule has 0 heterocycles. The van der Waals surface area contributed by atoms with Crippen LogP contribution in [-0.2, 0) is 0 Å². The molecule has 18 heavy (non-hydrogen) atoms. The molecule has 2 rings (SSSR count). The predicted octanol–water partition coefficient (Wildman–Crippen LogP) is 3.33. The van der Waals surface area contributed by atoms with Crippen LogP contribution in [0.25, 0.3) is 0 Å². The van der Waals surface area contributed by atoms with Gasteiger partial charge >= 0.3 is 0 Å². The van der Waals surface area contributed by atoms with Gasteiger partial charge in [-0.25, -0.2) is 0 Å². The molecule has 2 N–H and O–H groups in total. The molecule has 1 fully saturated rings. The summed E-state index contributed by atoms with van der Waals surface area (Å²) in [5.74, 6) is 0.0627. The maximum absolute atomic E-state index is 12.5. The zero-order valence-corrected chi connectivity index (χ0v) is 11.4. The second-order valence-electron chi connectivity index (χ2n) is 4.77. The normalized spacial score (nSPS) is 15.9. The smallest absolute Gasteiger partial charge is 0.254 e. The van der Waals surface area contributed by atoms with Crippen molar-refractivity contribution in [1.82, 2.24) is 4.90 Å². The van der Waals surface area contributed by atoms with Crippen molar-refractivity contribution in [3.63, 3.8) is 0 Å². The van der Waals surface area contributed by atoms with Crippen LogP contribution in [0, 0.1) is 0 Å². The average molecular weight is 267 g/mol. The Kier molecular flexibility index (Phi) is 4.12. The molecule has 4 heteroatoms. The van der Waals surface area contributed by atoms with Crippen LogP contribution in [0.5, 0.6) is 0 Å². The summed E-state index contributed by atoms with van der Waals surface area (Å²) in [6, 6.07) is 5.49. The molecule has 3 nitrogen and oxygen atoms in total. The van der Waals surface area contributed by atoms with E-state index < -0.39 is 0 Å². The van der Waals surface area contributed by atoms with Gasteiger partial charge in [-0.1, -0.05) is 24.4 Å². The lowest BCUT2D eigenvalue weighted by molar-refractivity contribution is 0.0693. The van der Waals surface area contributed by atoms with Gasteiger partial charge in [-0.15, -0.1) is 0 Å². The van der Waals surface area contributed by atoms with Gasteiger partial charge in [0.15, 0.2) is 0 Å². The molecular formula is C14H19ClN2O. The highest BCUT2D eigenvalue weighted by atomic mass is 35.5. The number of nitrogens with two attached hydrogens (primary N) is 1. The molecular weight excluding hydrogens is 248 g/mol. The highest BCUT2D eigenvalue weighted by Crippen LogP contribution is 2.26. The first-order valence-electron chi connectivity index (χ1n) is 6.49. The molecule has 0 atom stereocenters. The number of halogens is 1. The Balaban J connectivity index is 2.19. The Bertz CT molecular complexity index is 441. The van der Waals surface area contributed by atoms with E-state index in [-0.39, 0.29) is 5.91 Å². The van der Waals surface area contributed by atoms with Crippen LogP contribution >= 0.6 is 11.6 Å². The van der Waals surface area contributed by atoms with E-state index >= 15 is 0 Å². The second kappa shape index (κ2) is 5.61. The number of nitrogen functional groups attached to an aromatic ring is 1. The van der Waals surface area contributed by atoms with E-state index in [9.17, 15) is 4.79 Å². The second-order valence-corrected chi connectivity index (χ2v) is 5.17. The van der Waals surface area contributed by atoms with Gasteiger partial charge in [-0.2, -0.15) is 0 Å². The Labute approximate surface area is 113 Å². The molecule has 0 bridgehead atoms. The zero-order valence-electron chi connectivity index (χ0n) is 10.7. The lowest BCUT2D eigenvalue weighted by Crippen LogP contribution is -2.38. The number of carbonyl (C=O) groups is 1. The van der Waals surface area contributed by atoms with E-state index in [1.807, 2.05) is 11.8 Å². The van der Waals surface area contributed by atoms with E-state index in [1.54, 1.807) is 18.2 Å². The third kappa shape index (κ3) is 2.61. The van der Waals surface area contributed by atoms with Crippen molar-refractivity contribution in [3.8, 4) is 0 Å². The van der Waals surface area contributed by atoms with E-state index in [0.717, 1.165) is 19.4 Å². The summed E-state index contributed by atoms with van der Waals surface area (Å²) in [7, 11) is 0. The standard InChI is InChI=1S/C14H19ClN2O/c1-2-17(11-5-3-4-6-11)14(18)10-7-8-12(15)13(16)9-10/h7-9,11H,2-6,16H2,1H3. The molecule has 0 aliphatic heterocycles. The topological polar surface area (TPSA) is 46.3 Å². The molecule has 0 radical (unpaired) electrons. The van der Waals surface area contributed by atoms with E-state index in [2.05, 4.69) is 0 Å². The summed E-state index contributed by atoms with van der Waals surface area (Å²) < 4.78 is 0. The Morgan fingerprint density at radius 2 is 2.11 bits per heavy atom. The first-order valence-corrected chi connectivity index (χ1v) is 6.87. The number of benzene rings is 1. The van der Waals surface area contributed by atoms with Gasteiger partial charge in [0, 0.05) is 18.2 Å². The van der Waals surface area contributed by atoms with E-state index in [1.165, 1.54) is 12.8 Å². The van der Waals surface area contributed by atoms with E-state index in [0.29, 0.717) is 22.3 Å². The summed E-state index contributed by atoms with van der Waals surface area (Å²) in [5, 5.41) is 0.496. The lowest BCUT2D eigenvalue weighted by atomic mass is 10.1. The van der Waals surface area contributed by atoms with Crippen molar-refractivity contribution in [2.24, 2.45) is 0 Å².